The van der Waals surface area contributed by atoms with Gasteiger partial charge in [-0.1, -0.05) is 72.4 Å². The SMILES string of the molecule is COc1cccc(-c2nnc(SCC(=O)Nc3ccccc3-c3ccccc3)n2Cc2ccco2)c1. The summed E-state index contributed by atoms with van der Waals surface area (Å²) in [5.41, 5.74) is 3.64. The summed E-state index contributed by atoms with van der Waals surface area (Å²) in [7, 11) is 1.63. The highest BCUT2D eigenvalue weighted by Crippen LogP contribution is 2.30. The van der Waals surface area contributed by atoms with E-state index in [1.807, 2.05) is 95.6 Å². The van der Waals surface area contributed by atoms with Crippen LogP contribution in [-0.4, -0.2) is 33.5 Å². The number of hydrogen-bond donors (Lipinski definition) is 1. The van der Waals surface area contributed by atoms with Crippen LogP contribution >= 0.6 is 11.8 Å². The standard InChI is InChI=1S/C28H24N4O3S/c1-34-22-12-7-11-21(17-22)27-30-31-28(32(27)18-23-13-8-16-35-23)36-19-26(33)29-25-15-6-5-14-24(25)20-9-3-2-4-10-20/h2-17H,18-19H2,1H3,(H,29,33). The molecule has 5 rings (SSSR count). The lowest BCUT2D eigenvalue weighted by Crippen LogP contribution is -2.15. The van der Waals surface area contributed by atoms with Crippen molar-refractivity contribution < 1.29 is 13.9 Å². The molecule has 0 saturated heterocycles. The number of methoxy groups -OCH3 is 1. The number of anilines is 1. The van der Waals surface area contributed by atoms with Crippen LogP contribution < -0.4 is 10.1 Å². The molecule has 2 aromatic heterocycles. The van der Waals surface area contributed by atoms with Crippen molar-refractivity contribution in [1.29, 1.82) is 0 Å². The van der Waals surface area contributed by atoms with Crippen LogP contribution in [0.15, 0.2) is 107 Å². The van der Waals surface area contributed by atoms with Gasteiger partial charge in [-0.15, -0.1) is 10.2 Å². The van der Waals surface area contributed by atoms with E-state index in [9.17, 15) is 4.79 Å². The minimum Gasteiger partial charge on any atom is -0.497 e. The summed E-state index contributed by atoms with van der Waals surface area (Å²) in [6.07, 6.45) is 1.63. The summed E-state index contributed by atoms with van der Waals surface area (Å²) in [4.78, 5) is 12.9. The average Bonchev–Trinajstić information content (AvgIpc) is 3.59. The molecule has 0 fully saturated rings. The van der Waals surface area contributed by atoms with Crippen LogP contribution in [0.4, 0.5) is 5.69 Å². The molecule has 0 saturated carbocycles. The van der Waals surface area contributed by atoms with Crippen LogP contribution in [0.25, 0.3) is 22.5 Å². The Morgan fingerprint density at radius 3 is 2.56 bits per heavy atom. The maximum absolute atomic E-state index is 12.9. The molecule has 1 amide bonds. The second-order valence-corrected chi connectivity index (χ2v) is 8.89. The third-order valence-electron chi connectivity index (χ3n) is 5.56. The van der Waals surface area contributed by atoms with Gasteiger partial charge in [0, 0.05) is 16.8 Å². The quantitative estimate of drug-likeness (QED) is 0.252. The highest BCUT2D eigenvalue weighted by atomic mass is 32.2. The molecule has 0 aliphatic rings. The van der Waals surface area contributed by atoms with E-state index in [4.69, 9.17) is 9.15 Å². The fraction of sp³-hybridized carbons (Fsp3) is 0.107. The van der Waals surface area contributed by atoms with Crippen LogP contribution in [0.2, 0.25) is 0 Å². The summed E-state index contributed by atoms with van der Waals surface area (Å²) >= 11 is 1.33. The lowest BCUT2D eigenvalue weighted by molar-refractivity contribution is -0.113. The van der Waals surface area contributed by atoms with Crippen LogP contribution in [0.3, 0.4) is 0 Å². The van der Waals surface area contributed by atoms with E-state index in [2.05, 4.69) is 15.5 Å². The van der Waals surface area contributed by atoms with Gasteiger partial charge in [0.2, 0.25) is 5.91 Å². The number of carbonyl (C=O) groups excluding carboxylic acids is 1. The number of thioether (sulfide) groups is 1. The van der Waals surface area contributed by atoms with Gasteiger partial charge in [-0.25, -0.2) is 0 Å². The average molecular weight is 497 g/mol. The molecule has 0 atom stereocenters. The predicted octanol–water partition coefficient (Wildman–Crippen LogP) is 5.99. The van der Waals surface area contributed by atoms with Gasteiger partial charge < -0.3 is 14.5 Å². The third kappa shape index (κ3) is 5.34. The molecule has 0 unspecified atom stereocenters. The molecule has 180 valence electrons. The summed E-state index contributed by atoms with van der Waals surface area (Å²) in [6, 6.07) is 29.2. The minimum absolute atomic E-state index is 0.126. The second kappa shape index (κ2) is 11.0. The number of benzene rings is 3. The third-order valence-corrected chi connectivity index (χ3v) is 6.52. The molecule has 1 N–H and O–H groups in total. The molecule has 3 aromatic carbocycles. The lowest BCUT2D eigenvalue weighted by Gasteiger charge is -2.12. The molecule has 0 bridgehead atoms. The highest BCUT2D eigenvalue weighted by molar-refractivity contribution is 7.99. The Kier molecular flexibility index (Phi) is 7.14. The first-order valence-corrected chi connectivity index (χ1v) is 12.4. The molecule has 0 aliphatic carbocycles. The topological polar surface area (TPSA) is 82.2 Å². The van der Waals surface area contributed by atoms with E-state index in [-0.39, 0.29) is 11.7 Å². The maximum atomic E-state index is 12.9. The van der Waals surface area contributed by atoms with Gasteiger partial charge in [0.25, 0.3) is 0 Å². The Hall–Kier alpha value is -4.30. The molecule has 0 aliphatic heterocycles. The first-order valence-electron chi connectivity index (χ1n) is 11.4. The van der Waals surface area contributed by atoms with Crippen molar-refractivity contribution in [2.75, 3.05) is 18.2 Å². The smallest absolute Gasteiger partial charge is 0.234 e. The molecular weight excluding hydrogens is 472 g/mol. The maximum Gasteiger partial charge on any atom is 0.234 e. The van der Waals surface area contributed by atoms with Gasteiger partial charge >= 0.3 is 0 Å². The first-order chi connectivity index (χ1) is 17.7. The van der Waals surface area contributed by atoms with E-state index < -0.39 is 0 Å². The zero-order valence-electron chi connectivity index (χ0n) is 19.6. The number of rotatable bonds is 9. The van der Waals surface area contributed by atoms with Crippen molar-refractivity contribution >= 4 is 23.4 Å². The Morgan fingerprint density at radius 2 is 1.75 bits per heavy atom. The molecule has 7 nitrogen and oxygen atoms in total. The fourth-order valence-corrected chi connectivity index (χ4v) is 4.59. The molecule has 0 radical (unpaired) electrons. The normalized spacial score (nSPS) is 10.8. The van der Waals surface area contributed by atoms with Crippen LogP contribution in [-0.2, 0) is 11.3 Å². The lowest BCUT2D eigenvalue weighted by atomic mass is 10.0. The number of nitrogens with zero attached hydrogens (tertiary/aromatic N) is 3. The van der Waals surface area contributed by atoms with E-state index >= 15 is 0 Å². The number of aromatic nitrogens is 3. The summed E-state index contributed by atoms with van der Waals surface area (Å²) in [5, 5.41) is 12.5. The van der Waals surface area contributed by atoms with Crippen LogP contribution in [0, 0.1) is 0 Å². The number of hydrogen-bond acceptors (Lipinski definition) is 6. The van der Waals surface area contributed by atoms with E-state index in [0.29, 0.717) is 17.5 Å². The van der Waals surface area contributed by atoms with Crippen LogP contribution in [0.1, 0.15) is 5.76 Å². The molecule has 5 aromatic rings. The summed E-state index contributed by atoms with van der Waals surface area (Å²) in [5.74, 6) is 2.21. The Morgan fingerprint density at radius 1 is 0.944 bits per heavy atom. The number of amides is 1. The highest BCUT2D eigenvalue weighted by Gasteiger charge is 2.18. The fourth-order valence-electron chi connectivity index (χ4n) is 3.85. The molecule has 8 heteroatoms. The van der Waals surface area contributed by atoms with Crippen LogP contribution in [0.5, 0.6) is 5.75 Å². The molecule has 36 heavy (non-hydrogen) atoms. The van der Waals surface area contributed by atoms with Crippen molar-refractivity contribution in [2.24, 2.45) is 0 Å². The Labute approximate surface area is 213 Å². The van der Waals surface area contributed by atoms with Gasteiger partial charge in [0.15, 0.2) is 11.0 Å². The van der Waals surface area contributed by atoms with E-state index in [1.165, 1.54) is 11.8 Å². The minimum atomic E-state index is -0.126. The number of ether oxygens (including phenoxy) is 1. The van der Waals surface area contributed by atoms with Gasteiger partial charge in [-0.3, -0.25) is 9.36 Å². The van der Waals surface area contributed by atoms with Gasteiger partial charge in [0.1, 0.15) is 11.5 Å². The van der Waals surface area contributed by atoms with E-state index in [0.717, 1.165) is 33.9 Å². The Balaban J connectivity index is 1.36. The number of para-hydroxylation sites is 1. The predicted molar refractivity (Wildman–Crippen MR) is 141 cm³/mol. The number of nitrogens with one attached hydrogen (secondary N) is 1. The number of furan rings is 1. The van der Waals surface area contributed by atoms with Gasteiger partial charge in [0.05, 0.1) is 25.7 Å². The largest absolute Gasteiger partial charge is 0.497 e. The monoisotopic (exact) mass is 496 g/mol. The van der Waals surface area contributed by atoms with Crippen molar-refractivity contribution in [3.05, 3.63) is 103 Å². The zero-order chi connectivity index (χ0) is 24.7. The first kappa shape index (κ1) is 23.4. The van der Waals surface area contributed by atoms with Crippen molar-refractivity contribution in [2.45, 2.75) is 11.7 Å². The van der Waals surface area contributed by atoms with Crippen molar-refractivity contribution in [1.82, 2.24) is 14.8 Å². The molecule has 0 spiro atoms. The van der Waals surface area contributed by atoms with Gasteiger partial charge in [-0.2, -0.15) is 0 Å². The summed E-state index contributed by atoms with van der Waals surface area (Å²) in [6.45, 7) is 0.438. The zero-order valence-corrected chi connectivity index (χ0v) is 20.4. The summed E-state index contributed by atoms with van der Waals surface area (Å²) < 4.78 is 12.9. The number of carbonyl (C=O) groups is 1. The second-order valence-electron chi connectivity index (χ2n) is 7.95. The molecule has 2 heterocycles. The Bertz CT molecular complexity index is 1450. The van der Waals surface area contributed by atoms with Crippen molar-refractivity contribution in [3.63, 3.8) is 0 Å². The van der Waals surface area contributed by atoms with Crippen molar-refractivity contribution in [3.8, 4) is 28.3 Å². The van der Waals surface area contributed by atoms with E-state index in [1.54, 1.807) is 13.4 Å². The van der Waals surface area contributed by atoms with Gasteiger partial charge in [-0.05, 0) is 35.9 Å². The molecular formula is C28H24N4O3S.